The normalized spacial score (nSPS) is 17.8. The number of rotatable bonds is 4. The molecule has 0 aliphatic carbocycles. The molecule has 1 aliphatic rings. The Morgan fingerprint density at radius 3 is 2.57 bits per heavy atom. The van der Waals surface area contributed by atoms with Gasteiger partial charge in [-0.3, -0.25) is 0 Å². The average molecular weight is 303 g/mol. The zero-order valence-electron chi connectivity index (χ0n) is 11.5. The van der Waals surface area contributed by atoms with E-state index < -0.39 is 10.0 Å². The first-order valence-electron chi connectivity index (χ1n) is 6.93. The molecule has 21 heavy (non-hydrogen) atoms. The SMILES string of the molecule is O=S(=O)(NCC1CCOc2ccccc21)c1ccccc1. The molecule has 0 fully saturated rings. The van der Waals surface area contributed by atoms with Crippen molar-refractivity contribution in [2.45, 2.75) is 17.2 Å². The summed E-state index contributed by atoms with van der Waals surface area (Å²) in [6, 6.07) is 16.2. The highest BCUT2D eigenvalue weighted by atomic mass is 32.2. The molecule has 0 saturated heterocycles. The van der Waals surface area contributed by atoms with Gasteiger partial charge in [0.2, 0.25) is 10.0 Å². The molecule has 0 saturated carbocycles. The molecule has 2 aromatic rings. The van der Waals surface area contributed by atoms with Crippen LogP contribution in [0.4, 0.5) is 0 Å². The van der Waals surface area contributed by atoms with Gasteiger partial charge in [0, 0.05) is 12.5 Å². The molecule has 0 aromatic heterocycles. The summed E-state index contributed by atoms with van der Waals surface area (Å²) in [6.45, 7) is 1.01. The fraction of sp³-hybridized carbons (Fsp3) is 0.250. The van der Waals surface area contributed by atoms with Crippen LogP contribution in [-0.4, -0.2) is 21.6 Å². The van der Waals surface area contributed by atoms with Crippen molar-refractivity contribution in [3.05, 3.63) is 60.2 Å². The molecule has 1 N–H and O–H groups in total. The Morgan fingerprint density at radius 2 is 1.76 bits per heavy atom. The smallest absolute Gasteiger partial charge is 0.240 e. The lowest BCUT2D eigenvalue weighted by Crippen LogP contribution is -2.30. The lowest BCUT2D eigenvalue weighted by molar-refractivity contribution is 0.267. The second kappa shape index (κ2) is 5.87. The summed E-state index contributed by atoms with van der Waals surface area (Å²) in [5, 5.41) is 0. The Hall–Kier alpha value is -1.85. The maximum absolute atomic E-state index is 12.2. The number of benzene rings is 2. The predicted octanol–water partition coefficient (Wildman–Crippen LogP) is 2.53. The second-order valence-electron chi connectivity index (χ2n) is 5.04. The molecule has 1 atom stereocenters. The number of para-hydroxylation sites is 1. The standard InChI is InChI=1S/C16H17NO3S/c18-21(19,14-6-2-1-3-7-14)17-12-13-10-11-20-16-9-5-4-8-15(13)16/h1-9,13,17H,10-12H2. The first-order valence-corrected chi connectivity index (χ1v) is 8.41. The van der Waals surface area contributed by atoms with E-state index in [1.165, 1.54) is 0 Å². The minimum Gasteiger partial charge on any atom is -0.493 e. The van der Waals surface area contributed by atoms with Gasteiger partial charge in [0.1, 0.15) is 5.75 Å². The Bertz CT molecular complexity index is 713. The van der Waals surface area contributed by atoms with Crippen LogP contribution in [0.25, 0.3) is 0 Å². The number of sulfonamides is 1. The van der Waals surface area contributed by atoms with Gasteiger partial charge >= 0.3 is 0 Å². The Labute approximate surface area is 124 Å². The predicted molar refractivity (Wildman–Crippen MR) is 80.9 cm³/mol. The molecular weight excluding hydrogens is 286 g/mol. The van der Waals surface area contributed by atoms with Gasteiger partial charge in [-0.1, -0.05) is 36.4 Å². The minimum absolute atomic E-state index is 0.147. The molecule has 0 radical (unpaired) electrons. The van der Waals surface area contributed by atoms with Gasteiger partial charge in [-0.05, 0) is 30.2 Å². The van der Waals surface area contributed by atoms with Crippen molar-refractivity contribution in [3.8, 4) is 5.75 Å². The lowest BCUT2D eigenvalue weighted by Gasteiger charge is -2.25. The third-order valence-corrected chi connectivity index (χ3v) is 5.10. The molecule has 110 valence electrons. The van der Waals surface area contributed by atoms with Gasteiger partial charge in [0.15, 0.2) is 0 Å². The summed E-state index contributed by atoms with van der Waals surface area (Å²) in [5.41, 5.74) is 1.07. The molecule has 1 aliphatic heterocycles. The fourth-order valence-corrected chi connectivity index (χ4v) is 3.62. The van der Waals surface area contributed by atoms with E-state index in [2.05, 4.69) is 4.72 Å². The van der Waals surface area contributed by atoms with E-state index in [0.717, 1.165) is 17.7 Å². The van der Waals surface area contributed by atoms with Crippen molar-refractivity contribution in [2.75, 3.05) is 13.2 Å². The monoisotopic (exact) mass is 303 g/mol. The Kier molecular flexibility index (Phi) is 3.94. The van der Waals surface area contributed by atoms with Crippen LogP contribution in [-0.2, 0) is 10.0 Å². The molecule has 0 spiro atoms. The first-order chi connectivity index (χ1) is 10.2. The number of ether oxygens (including phenoxy) is 1. The molecule has 4 nitrogen and oxygen atoms in total. The molecule has 3 rings (SSSR count). The van der Waals surface area contributed by atoms with Crippen LogP contribution in [0, 0.1) is 0 Å². The number of hydrogen-bond donors (Lipinski definition) is 1. The molecule has 1 unspecified atom stereocenters. The second-order valence-corrected chi connectivity index (χ2v) is 6.80. The molecule has 0 bridgehead atoms. The lowest BCUT2D eigenvalue weighted by atomic mass is 9.93. The minimum atomic E-state index is -3.45. The van der Waals surface area contributed by atoms with E-state index in [-0.39, 0.29) is 5.92 Å². The van der Waals surface area contributed by atoms with E-state index in [0.29, 0.717) is 18.0 Å². The summed E-state index contributed by atoms with van der Waals surface area (Å²) in [7, 11) is -3.45. The van der Waals surface area contributed by atoms with Crippen molar-refractivity contribution in [1.29, 1.82) is 0 Å². The molecule has 0 amide bonds. The number of fused-ring (bicyclic) bond motifs is 1. The molecule has 2 aromatic carbocycles. The van der Waals surface area contributed by atoms with Crippen molar-refractivity contribution >= 4 is 10.0 Å². The van der Waals surface area contributed by atoms with Gasteiger partial charge in [-0.2, -0.15) is 0 Å². The van der Waals surface area contributed by atoms with Gasteiger partial charge in [-0.25, -0.2) is 13.1 Å². The molecular formula is C16H17NO3S. The van der Waals surface area contributed by atoms with E-state index >= 15 is 0 Å². The maximum Gasteiger partial charge on any atom is 0.240 e. The third kappa shape index (κ3) is 3.09. The summed E-state index contributed by atoms with van der Waals surface area (Å²) in [5.74, 6) is 1.00. The summed E-state index contributed by atoms with van der Waals surface area (Å²) in [4.78, 5) is 0.297. The van der Waals surface area contributed by atoms with Crippen molar-refractivity contribution in [3.63, 3.8) is 0 Å². The first kappa shape index (κ1) is 14.1. The highest BCUT2D eigenvalue weighted by Crippen LogP contribution is 2.32. The number of nitrogens with one attached hydrogen (secondary N) is 1. The Balaban J connectivity index is 1.75. The highest BCUT2D eigenvalue weighted by molar-refractivity contribution is 7.89. The molecule has 5 heteroatoms. The third-order valence-electron chi connectivity index (χ3n) is 3.66. The van der Waals surface area contributed by atoms with E-state index in [1.54, 1.807) is 30.3 Å². The quantitative estimate of drug-likeness (QED) is 0.944. The van der Waals surface area contributed by atoms with Crippen LogP contribution in [0.3, 0.4) is 0 Å². The largest absolute Gasteiger partial charge is 0.493 e. The maximum atomic E-state index is 12.2. The van der Waals surface area contributed by atoms with E-state index in [9.17, 15) is 8.42 Å². The van der Waals surface area contributed by atoms with Gasteiger partial charge in [0.25, 0.3) is 0 Å². The van der Waals surface area contributed by atoms with Crippen molar-refractivity contribution in [1.82, 2.24) is 4.72 Å². The van der Waals surface area contributed by atoms with Gasteiger partial charge in [0.05, 0.1) is 11.5 Å². The van der Waals surface area contributed by atoms with Crippen LogP contribution in [0.15, 0.2) is 59.5 Å². The Morgan fingerprint density at radius 1 is 1.05 bits per heavy atom. The van der Waals surface area contributed by atoms with Crippen LogP contribution in [0.2, 0.25) is 0 Å². The summed E-state index contributed by atoms with van der Waals surface area (Å²) in [6.07, 6.45) is 0.814. The van der Waals surface area contributed by atoms with Crippen molar-refractivity contribution < 1.29 is 13.2 Å². The fourth-order valence-electron chi connectivity index (χ4n) is 2.52. The number of hydrogen-bond acceptors (Lipinski definition) is 3. The van der Waals surface area contributed by atoms with Crippen LogP contribution in [0.5, 0.6) is 5.75 Å². The van der Waals surface area contributed by atoms with E-state index in [1.807, 2.05) is 24.3 Å². The van der Waals surface area contributed by atoms with Gasteiger partial charge < -0.3 is 4.74 Å². The van der Waals surface area contributed by atoms with Crippen LogP contribution in [0.1, 0.15) is 17.9 Å². The topological polar surface area (TPSA) is 55.4 Å². The zero-order chi connectivity index (χ0) is 14.7. The van der Waals surface area contributed by atoms with Crippen LogP contribution < -0.4 is 9.46 Å². The summed E-state index contributed by atoms with van der Waals surface area (Å²) < 4.78 is 32.8. The van der Waals surface area contributed by atoms with Gasteiger partial charge in [-0.15, -0.1) is 0 Å². The van der Waals surface area contributed by atoms with E-state index in [4.69, 9.17) is 4.74 Å². The zero-order valence-corrected chi connectivity index (χ0v) is 12.3. The molecule has 1 heterocycles. The van der Waals surface area contributed by atoms with Crippen molar-refractivity contribution in [2.24, 2.45) is 0 Å². The van der Waals surface area contributed by atoms with Crippen LogP contribution >= 0.6 is 0 Å². The average Bonchev–Trinajstić information content (AvgIpc) is 2.54. The highest BCUT2D eigenvalue weighted by Gasteiger charge is 2.23. The summed E-state index contributed by atoms with van der Waals surface area (Å²) >= 11 is 0.